The van der Waals surface area contributed by atoms with Crippen LogP contribution >= 0.6 is 0 Å². The van der Waals surface area contributed by atoms with Crippen molar-refractivity contribution in [3.8, 4) is 0 Å². The molecule has 2 rings (SSSR count). The molecule has 54 valence electrons. The van der Waals surface area contributed by atoms with E-state index in [9.17, 15) is 0 Å². The summed E-state index contributed by atoms with van der Waals surface area (Å²) in [5, 5.41) is 3.23. The Balaban J connectivity index is 2.26. The second kappa shape index (κ2) is 2.18. The molecule has 0 aromatic rings. The maximum absolute atomic E-state index is 5.83. The Morgan fingerprint density at radius 1 is 1.70 bits per heavy atom. The molecular formula is C7H11N3. The maximum atomic E-state index is 5.83. The van der Waals surface area contributed by atoms with E-state index in [4.69, 9.17) is 5.73 Å². The highest BCUT2D eigenvalue weighted by atomic mass is 15.1. The fourth-order valence-electron chi connectivity index (χ4n) is 1.45. The molecule has 3 heteroatoms. The number of fused-ring (bicyclic) bond motifs is 1. The number of nitrogens with one attached hydrogen (secondary N) is 1. The van der Waals surface area contributed by atoms with E-state index >= 15 is 0 Å². The van der Waals surface area contributed by atoms with Crippen molar-refractivity contribution in [3.63, 3.8) is 0 Å². The van der Waals surface area contributed by atoms with Crippen LogP contribution in [0.25, 0.3) is 0 Å². The minimum atomic E-state index is 0.228. The number of hydrogen-bond acceptors (Lipinski definition) is 3. The Bertz CT molecular complexity index is 195. The zero-order valence-electron chi connectivity index (χ0n) is 5.75. The van der Waals surface area contributed by atoms with Crippen molar-refractivity contribution in [1.82, 2.24) is 5.32 Å². The molecule has 2 unspecified atom stereocenters. The largest absolute Gasteiger partial charge is 0.326 e. The molecule has 3 nitrogen and oxygen atoms in total. The van der Waals surface area contributed by atoms with Crippen molar-refractivity contribution in [2.24, 2.45) is 10.7 Å². The van der Waals surface area contributed by atoms with Crippen LogP contribution in [0.2, 0.25) is 0 Å². The van der Waals surface area contributed by atoms with E-state index in [1.165, 1.54) is 0 Å². The van der Waals surface area contributed by atoms with E-state index in [0.717, 1.165) is 18.8 Å². The van der Waals surface area contributed by atoms with Gasteiger partial charge in [0.2, 0.25) is 0 Å². The minimum Gasteiger partial charge on any atom is -0.326 e. The van der Waals surface area contributed by atoms with E-state index in [2.05, 4.69) is 22.5 Å². The highest BCUT2D eigenvalue weighted by molar-refractivity contribution is 6.01. The van der Waals surface area contributed by atoms with E-state index < -0.39 is 0 Å². The minimum absolute atomic E-state index is 0.228. The van der Waals surface area contributed by atoms with Crippen molar-refractivity contribution in [1.29, 1.82) is 0 Å². The van der Waals surface area contributed by atoms with Gasteiger partial charge in [0.1, 0.15) is 0 Å². The topological polar surface area (TPSA) is 50.4 Å². The highest BCUT2D eigenvalue weighted by Crippen LogP contribution is 2.11. The molecule has 2 atom stereocenters. The average Bonchev–Trinajstić information content (AvgIpc) is 2.36. The lowest BCUT2D eigenvalue weighted by molar-refractivity contribution is 0.547. The van der Waals surface area contributed by atoms with Crippen LogP contribution in [-0.4, -0.2) is 24.5 Å². The van der Waals surface area contributed by atoms with Gasteiger partial charge in [0.05, 0.1) is 18.4 Å². The second-order valence-corrected chi connectivity index (χ2v) is 2.72. The van der Waals surface area contributed by atoms with Gasteiger partial charge in [-0.25, -0.2) is 0 Å². The fourth-order valence-corrected chi connectivity index (χ4v) is 1.45. The van der Waals surface area contributed by atoms with Crippen molar-refractivity contribution < 1.29 is 0 Å². The SMILES string of the molecule is NC1CC=CC2=NCNC21. The molecule has 3 N–H and O–H groups in total. The third-order valence-electron chi connectivity index (χ3n) is 2.02. The molecule has 0 spiro atoms. The lowest BCUT2D eigenvalue weighted by Crippen LogP contribution is -2.47. The Morgan fingerprint density at radius 2 is 2.60 bits per heavy atom. The van der Waals surface area contributed by atoms with Gasteiger partial charge < -0.3 is 5.73 Å². The predicted octanol–water partition coefficient (Wildman–Crippen LogP) is -0.356. The van der Waals surface area contributed by atoms with Crippen LogP contribution in [0, 0.1) is 0 Å². The molecule has 0 amide bonds. The summed E-state index contributed by atoms with van der Waals surface area (Å²) in [5.74, 6) is 0. The van der Waals surface area contributed by atoms with Crippen LogP contribution in [0.5, 0.6) is 0 Å². The number of aliphatic imine (C=N–C) groups is 1. The first-order valence-corrected chi connectivity index (χ1v) is 3.58. The molecule has 1 aliphatic carbocycles. The zero-order chi connectivity index (χ0) is 6.97. The Kier molecular flexibility index (Phi) is 1.32. The molecule has 0 radical (unpaired) electrons. The van der Waals surface area contributed by atoms with Crippen LogP contribution in [-0.2, 0) is 0 Å². The maximum Gasteiger partial charge on any atom is 0.0894 e. The summed E-state index contributed by atoms with van der Waals surface area (Å²) in [7, 11) is 0. The third-order valence-corrected chi connectivity index (χ3v) is 2.02. The number of nitrogens with zero attached hydrogens (tertiary/aromatic N) is 1. The van der Waals surface area contributed by atoms with Crippen molar-refractivity contribution in [3.05, 3.63) is 12.2 Å². The summed E-state index contributed by atoms with van der Waals surface area (Å²) in [6, 6.07) is 0.552. The monoisotopic (exact) mass is 137 g/mol. The molecule has 0 bridgehead atoms. The lowest BCUT2D eigenvalue weighted by atomic mass is 9.96. The number of nitrogens with two attached hydrogens (primary N) is 1. The summed E-state index contributed by atoms with van der Waals surface area (Å²) >= 11 is 0. The van der Waals surface area contributed by atoms with Crippen LogP contribution < -0.4 is 11.1 Å². The predicted molar refractivity (Wildman–Crippen MR) is 41.0 cm³/mol. The van der Waals surface area contributed by atoms with Crippen molar-refractivity contribution in [2.75, 3.05) is 6.67 Å². The third kappa shape index (κ3) is 0.786. The van der Waals surface area contributed by atoms with Gasteiger partial charge in [0.25, 0.3) is 0 Å². The Morgan fingerprint density at radius 3 is 3.40 bits per heavy atom. The second-order valence-electron chi connectivity index (χ2n) is 2.72. The van der Waals surface area contributed by atoms with Crippen molar-refractivity contribution >= 4 is 5.71 Å². The quantitative estimate of drug-likeness (QED) is 0.479. The van der Waals surface area contributed by atoms with Crippen LogP contribution in [0.1, 0.15) is 6.42 Å². The highest BCUT2D eigenvalue weighted by Gasteiger charge is 2.26. The normalized spacial score (nSPS) is 37.5. The van der Waals surface area contributed by atoms with Crippen LogP contribution in [0.3, 0.4) is 0 Å². The van der Waals surface area contributed by atoms with E-state index in [1.807, 2.05) is 0 Å². The Labute approximate surface area is 60.0 Å². The van der Waals surface area contributed by atoms with Crippen molar-refractivity contribution in [2.45, 2.75) is 18.5 Å². The van der Waals surface area contributed by atoms with Crippen LogP contribution in [0.4, 0.5) is 0 Å². The van der Waals surface area contributed by atoms with E-state index in [0.29, 0.717) is 6.04 Å². The summed E-state index contributed by atoms with van der Waals surface area (Å²) in [6.45, 7) is 0.734. The standard InChI is InChI=1S/C7H11N3/c8-5-2-1-3-6-7(5)10-4-9-6/h1,3,5,7,10H,2,4,8H2. The van der Waals surface area contributed by atoms with Gasteiger partial charge in [-0.3, -0.25) is 10.3 Å². The molecule has 0 aromatic carbocycles. The molecule has 10 heavy (non-hydrogen) atoms. The van der Waals surface area contributed by atoms with Gasteiger partial charge in [-0.05, 0) is 12.5 Å². The van der Waals surface area contributed by atoms with E-state index in [1.54, 1.807) is 0 Å². The average molecular weight is 137 g/mol. The summed E-state index contributed by atoms with van der Waals surface area (Å²) < 4.78 is 0. The smallest absolute Gasteiger partial charge is 0.0894 e. The Hall–Kier alpha value is -0.670. The molecule has 0 aromatic heterocycles. The first-order chi connectivity index (χ1) is 4.88. The summed E-state index contributed by atoms with van der Waals surface area (Å²) in [6.07, 6.45) is 5.12. The van der Waals surface area contributed by atoms with Crippen LogP contribution in [0.15, 0.2) is 17.1 Å². The summed E-state index contributed by atoms with van der Waals surface area (Å²) in [5.41, 5.74) is 6.95. The van der Waals surface area contributed by atoms with Gasteiger partial charge in [0.15, 0.2) is 0 Å². The van der Waals surface area contributed by atoms with E-state index in [-0.39, 0.29) is 6.04 Å². The number of hydrogen-bond donors (Lipinski definition) is 2. The van der Waals surface area contributed by atoms with Gasteiger partial charge >= 0.3 is 0 Å². The molecule has 0 saturated carbocycles. The molecule has 0 fully saturated rings. The lowest BCUT2D eigenvalue weighted by Gasteiger charge is -2.21. The fraction of sp³-hybridized carbons (Fsp3) is 0.571. The van der Waals surface area contributed by atoms with Gasteiger partial charge in [-0.1, -0.05) is 6.08 Å². The molecule has 1 heterocycles. The first kappa shape index (κ1) is 6.07. The molecule has 2 aliphatic rings. The summed E-state index contributed by atoms with van der Waals surface area (Å²) in [4.78, 5) is 4.25. The van der Waals surface area contributed by atoms with Gasteiger partial charge in [0, 0.05) is 6.04 Å². The molecule has 0 saturated heterocycles. The first-order valence-electron chi connectivity index (χ1n) is 3.58. The molecule has 1 aliphatic heterocycles. The number of rotatable bonds is 0. The van der Waals surface area contributed by atoms with Gasteiger partial charge in [-0.2, -0.15) is 0 Å². The van der Waals surface area contributed by atoms with Gasteiger partial charge in [-0.15, -0.1) is 0 Å². The zero-order valence-corrected chi connectivity index (χ0v) is 5.75. The molecular weight excluding hydrogens is 126 g/mol.